The average Bonchev–Trinajstić information content (AvgIpc) is 2.39. The third-order valence-electron chi connectivity index (χ3n) is 2.61. The second-order valence-corrected chi connectivity index (χ2v) is 4.16. The molecule has 0 saturated heterocycles. The van der Waals surface area contributed by atoms with Gasteiger partial charge in [0.15, 0.2) is 0 Å². The number of hydrogen-bond donors (Lipinski definition) is 0. The monoisotopic (exact) mass is 255 g/mol. The van der Waals surface area contributed by atoms with Crippen LogP contribution in [0.25, 0.3) is 5.57 Å². The maximum atomic E-state index is 10.7. The normalized spacial score (nSPS) is 9.95. The lowest BCUT2D eigenvalue weighted by Crippen LogP contribution is -1.89. The van der Waals surface area contributed by atoms with Crippen molar-refractivity contribution in [2.24, 2.45) is 0 Å². The zero-order valence-corrected chi connectivity index (χ0v) is 10.5. The fraction of sp³-hybridized carbons (Fsp3) is 0.0667. The number of rotatable bonds is 4. The standard InChI is InChI=1S/C15H13NO3/c1-11(2)12-6-8-14(9-7-12)19-15-5-3-4-13(10-15)16(17)18/h3-10H,1H2,2H3. The third-order valence-corrected chi connectivity index (χ3v) is 2.61. The van der Waals surface area contributed by atoms with Crippen LogP contribution >= 0.6 is 0 Å². The maximum Gasteiger partial charge on any atom is 0.273 e. The molecule has 96 valence electrons. The van der Waals surface area contributed by atoms with Crippen molar-refractivity contribution in [1.29, 1.82) is 0 Å². The molecule has 2 rings (SSSR count). The van der Waals surface area contributed by atoms with E-state index in [9.17, 15) is 10.1 Å². The van der Waals surface area contributed by atoms with Crippen molar-refractivity contribution in [2.75, 3.05) is 0 Å². The van der Waals surface area contributed by atoms with E-state index >= 15 is 0 Å². The van der Waals surface area contributed by atoms with Gasteiger partial charge in [-0.25, -0.2) is 0 Å². The minimum absolute atomic E-state index is 0.0102. The van der Waals surface area contributed by atoms with Gasteiger partial charge in [-0.05, 0) is 30.7 Å². The summed E-state index contributed by atoms with van der Waals surface area (Å²) in [6.07, 6.45) is 0. The first-order valence-electron chi connectivity index (χ1n) is 5.74. The van der Waals surface area contributed by atoms with Gasteiger partial charge in [0.25, 0.3) is 5.69 Å². The van der Waals surface area contributed by atoms with E-state index in [1.54, 1.807) is 12.1 Å². The first-order valence-corrected chi connectivity index (χ1v) is 5.74. The van der Waals surface area contributed by atoms with Gasteiger partial charge in [0.05, 0.1) is 11.0 Å². The van der Waals surface area contributed by atoms with Gasteiger partial charge >= 0.3 is 0 Å². The number of nitro benzene ring substituents is 1. The maximum absolute atomic E-state index is 10.7. The van der Waals surface area contributed by atoms with Crippen molar-refractivity contribution in [1.82, 2.24) is 0 Å². The summed E-state index contributed by atoms with van der Waals surface area (Å²) in [7, 11) is 0. The molecule has 0 heterocycles. The second kappa shape index (κ2) is 5.35. The molecular formula is C15H13NO3. The van der Waals surface area contributed by atoms with Gasteiger partial charge in [0.1, 0.15) is 11.5 Å². The quantitative estimate of drug-likeness (QED) is 0.600. The second-order valence-electron chi connectivity index (χ2n) is 4.16. The zero-order valence-electron chi connectivity index (χ0n) is 10.5. The van der Waals surface area contributed by atoms with E-state index in [1.807, 2.05) is 31.2 Å². The molecule has 0 saturated carbocycles. The van der Waals surface area contributed by atoms with Gasteiger partial charge in [0, 0.05) is 6.07 Å². The van der Waals surface area contributed by atoms with Crippen LogP contribution in [-0.2, 0) is 0 Å². The van der Waals surface area contributed by atoms with Crippen LogP contribution in [0, 0.1) is 10.1 Å². The average molecular weight is 255 g/mol. The number of ether oxygens (including phenoxy) is 1. The Hall–Kier alpha value is -2.62. The molecule has 0 aliphatic rings. The highest BCUT2D eigenvalue weighted by atomic mass is 16.6. The topological polar surface area (TPSA) is 52.4 Å². The Kier molecular flexibility index (Phi) is 3.61. The van der Waals surface area contributed by atoms with Crippen LogP contribution in [0.2, 0.25) is 0 Å². The molecule has 0 radical (unpaired) electrons. The van der Waals surface area contributed by atoms with Gasteiger partial charge in [-0.1, -0.05) is 30.4 Å². The van der Waals surface area contributed by atoms with Crippen LogP contribution in [0.1, 0.15) is 12.5 Å². The molecule has 2 aromatic rings. The summed E-state index contributed by atoms with van der Waals surface area (Å²) in [5, 5.41) is 10.7. The third kappa shape index (κ3) is 3.19. The van der Waals surface area contributed by atoms with Crippen LogP contribution in [0.5, 0.6) is 11.5 Å². The highest BCUT2D eigenvalue weighted by Gasteiger charge is 2.07. The van der Waals surface area contributed by atoms with E-state index in [2.05, 4.69) is 6.58 Å². The number of allylic oxidation sites excluding steroid dienone is 1. The number of nitro groups is 1. The summed E-state index contributed by atoms with van der Waals surface area (Å²) in [4.78, 5) is 10.2. The van der Waals surface area contributed by atoms with Crippen LogP contribution in [0.4, 0.5) is 5.69 Å². The summed E-state index contributed by atoms with van der Waals surface area (Å²) < 4.78 is 5.57. The van der Waals surface area contributed by atoms with Crippen molar-refractivity contribution in [3.8, 4) is 11.5 Å². The Morgan fingerprint density at radius 2 is 1.84 bits per heavy atom. The molecule has 0 spiro atoms. The Bertz CT molecular complexity index is 618. The lowest BCUT2D eigenvalue weighted by Gasteiger charge is -2.06. The van der Waals surface area contributed by atoms with Gasteiger partial charge in [-0.15, -0.1) is 0 Å². The number of non-ortho nitro benzene ring substituents is 1. The summed E-state index contributed by atoms with van der Waals surface area (Å²) in [5.41, 5.74) is 2.02. The minimum Gasteiger partial charge on any atom is -0.457 e. The molecule has 0 bridgehead atoms. The Morgan fingerprint density at radius 3 is 2.42 bits per heavy atom. The molecule has 0 unspecified atom stereocenters. The predicted molar refractivity (Wildman–Crippen MR) is 74.3 cm³/mol. The van der Waals surface area contributed by atoms with Gasteiger partial charge < -0.3 is 4.74 Å². The highest BCUT2D eigenvalue weighted by molar-refractivity contribution is 5.61. The molecule has 4 heteroatoms. The highest BCUT2D eigenvalue weighted by Crippen LogP contribution is 2.26. The van der Waals surface area contributed by atoms with Gasteiger partial charge in [-0.2, -0.15) is 0 Å². The molecule has 0 amide bonds. The molecule has 19 heavy (non-hydrogen) atoms. The molecule has 0 N–H and O–H groups in total. The Labute approximate surface area is 111 Å². The lowest BCUT2D eigenvalue weighted by molar-refractivity contribution is -0.384. The molecule has 0 fully saturated rings. The molecule has 0 aromatic heterocycles. The van der Waals surface area contributed by atoms with Crippen molar-refractivity contribution in [2.45, 2.75) is 6.92 Å². The van der Waals surface area contributed by atoms with E-state index in [0.29, 0.717) is 11.5 Å². The fourth-order valence-corrected chi connectivity index (χ4v) is 1.60. The number of benzene rings is 2. The molecule has 2 aromatic carbocycles. The number of hydrogen-bond acceptors (Lipinski definition) is 3. The minimum atomic E-state index is -0.447. The van der Waals surface area contributed by atoms with E-state index in [1.165, 1.54) is 12.1 Å². The first kappa shape index (κ1) is 12.8. The molecular weight excluding hydrogens is 242 g/mol. The van der Waals surface area contributed by atoms with Gasteiger partial charge in [0.2, 0.25) is 0 Å². The Morgan fingerprint density at radius 1 is 1.16 bits per heavy atom. The van der Waals surface area contributed by atoms with Crippen molar-refractivity contribution < 1.29 is 9.66 Å². The predicted octanol–water partition coefficient (Wildman–Crippen LogP) is 4.42. The zero-order chi connectivity index (χ0) is 13.8. The SMILES string of the molecule is C=C(C)c1ccc(Oc2cccc([N+](=O)[O-])c2)cc1. The van der Waals surface area contributed by atoms with E-state index in [4.69, 9.17) is 4.74 Å². The van der Waals surface area contributed by atoms with E-state index < -0.39 is 4.92 Å². The van der Waals surface area contributed by atoms with E-state index in [0.717, 1.165) is 11.1 Å². The molecule has 0 aliphatic heterocycles. The summed E-state index contributed by atoms with van der Waals surface area (Å²) in [5.74, 6) is 1.07. The van der Waals surface area contributed by atoms with E-state index in [-0.39, 0.29) is 5.69 Å². The fourth-order valence-electron chi connectivity index (χ4n) is 1.60. The summed E-state index contributed by atoms with van der Waals surface area (Å²) >= 11 is 0. The summed E-state index contributed by atoms with van der Waals surface area (Å²) in [6, 6.07) is 13.5. The lowest BCUT2D eigenvalue weighted by atomic mass is 10.1. The Balaban J connectivity index is 2.19. The van der Waals surface area contributed by atoms with Crippen LogP contribution in [0.15, 0.2) is 55.1 Å². The van der Waals surface area contributed by atoms with Gasteiger partial charge in [-0.3, -0.25) is 10.1 Å². The number of nitrogens with zero attached hydrogens (tertiary/aromatic N) is 1. The first-order chi connectivity index (χ1) is 9.06. The molecule has 4 nitrogen and oxygen atoms in total. The van der Waals surface area contributed by atoms with Crippen LogP contribution in [-0.4, -0.2) is 4.92 Å². The largest absolute Gasteiger partial charge is 0.457 e. The molecule has 0 aliphatic carbocycles. The smallest absolute Gasteiger partial charge is 0.273 e. The van der Waals surface area contributed by atoms with Crippen molar-refractivity contribution in [3.63, 3.8) is 0 Å². The van der Waals surface area contributed by atoms with Crippen LogP contribution < -0.4 is 4.74 Å². The summed E-state index contributed by atoms with van der Waals surface area (Å²) in [6.45, 7) is 5.78. The van der Waals surface area contributed by atoms with Crippen molar-refractivity contribution >= 4 is 11.3 Å². The van der Waals surface area contributed by atoms with Crippen LogP contribution in [0.3, 0.4) is 0 Å². The molecule has 0 atom stereocenters. The van der Waals surface area contributed by atoms with Crippen molar-refractivity contribution in [3.05, 3.63) is 70.8 Å².